The Balaban J connectivity index is 1.89. The van der Waals surface area contributed by atoms with Crippen molar-refractivity contribution in [2.45, 2.75) is 27.2 Å². The van der Waals surface area contributed by atoms with Crippen molar-refractivity contribution in [3.05, 3.63) is 59.4 Å². The van der Waals surface area contributed by atoms with E-state index in [1.807, 2.05) is 30.5 Å². The van der Waals surface area contributed by atoms with Crippen molar-refractivity contribution in [2.75, 3.05) is 0 Å². The molecule has 0 saturated carbocycles. The van der Waals surface area contributed by atoms with Gasteiger partial charge in [0.1, 0.15) is 10.7 Å². The third kappa shape index (κ3) is 3.12. The van der Waals surface area contributed by atoms with Gasteiger partial charge in [-0.15, -0.1) is 0 Å². The second-order valence-electron chi connectivity index (χ2n) is 7.56. The number of aromatic nitrogens is 2. The molecule has 0 aliphatic rings. The Morgan fingerprint density at radius 2 is 1.88 bits per heavy atom. The summed E-state index contributed by atoms with van der Waals surface area (Å²) in [6.45, 7) is 6.72. The summed E-state index contributed by atoms with van der Waals surface area (Å²) in [4.78, 5) is 8.86. The molecular formula is C21H19ClN2O. The molecule has 0 fully saturated rings. The van der Waals surface area contributed by atoms with Crippen LogP contribution in [0.25, 0.3) is 33.3 Å². The first kappa shape index (κ1) is 16.1. The van der Waals surface area contributed by atoms with Gasteiger partial charge in [0.05, 0.1) is 5.69 Å². The number of halogens is 1. The Labute approximate surface area is 151 Å². The van der Waals surface area contributed by atoms with Gasteiger partial charge >= 0.3 is 0 Å². The molecule has 0 spiro atoms. The summed E-state index contributed by atoms with van der Waals surface area (Å²) in [5, 5.41) is 2.42. The lowest BCUT2D eigenvalue weighted by atomic mass is 9.88. The maximum atomic E-state index is 6.02. The van der Waals surface area contributed by atoms with Gasteiger partial charge in [0, 0.05) is 22.5 Å². The van der Waals surface area contributed by atoms with Crippen molar-refractivity contribution in [3.8, 4) is 11.3 Å². The number of hydrogen-bond donors (Lipinski definition) is 0. The van der Waals surface area contributed by atoms with Crippen LogP contribution in [0.1, 0.15) is 26.3 Å². The molecule has 4 heteroatoms. The fourth-order valence-corrected chi connectivity index (χ4v) is 3.34. The highest BCUT2D eigenvalue weighted by molar-refractivity contribution is 6.30. The van der Waals surface area contributed by atoms with Crippen molar-refractivity contribution in [2.24, 2.45) is 5.41 Å². The monoisotopic (exact) mass is 350 g/mol. The number of rotatable bonds is 2. The molecule has 1 aromatic carbocycles. The molecule has 0 aliphatic carbocycles. The van der Waals surface area contributed by atoms with Crippen LogP contribution in [0.3, 0.4) is 0 Å². The van der Waals surface area contributed by atoms with Crippen LogP contribution >= 0.6 is 11.6 Å². The van der Waals surface area contributed by atoms with Crippen molar-refractivity contribution < 1.29 is 4.42 Å². The summed E-state index contributed by atoms with van der Waals surface area (Å²) in [6, 6.07) is 14.1. The molecule has 3 aromatic heterocycles. The van der Waals surface area contributed by atoms with Crippen molar-refractivity contribution in [3.63, 3.8) is 0 Å². The van der Waals surface area contributed by atoms with Gasteiger partial charge in [0.25, 0.3) is 0 Å². The average molecular weight is 351 g/mol. The molecule has 0 radical (unpaired) electrons. The van der Waals surface area contributed by atoms with Crippen LogP contribution in [0.4, 0.5) is 0 Å². The first-order valence-electron chi connectivity index (χ1n) is 8.34. The zero-order valence-corrected chi connectivity index (χ0v) is 15.3. The molecule has 126 valence electrons. The van der Waals surface area contributed by atoms with E-state index in [0.717, 1.165) is 34.0 Å². The number of furan rings is 1. The predicted octanol–water partition coefficient (Wildman–Crippen LogP) is 6.29. The van der Waals surface area contributed by atoms with Crippen LogP contribution in [0.5, 0.6) is 0 Å². The third-order valence-corrected chi connectivity index (χ3v) is 4.38. The zero-order chi connectivity index (χ0) is 17.6. The molecule has 0 saturated heterocycles. The molecule has 0 unspecified atom stereocenters. The summed E-state index contributed by atoms with van der Waals surface area (Å²) in [6.07, 6.45) is 2.86. The number of fused-ring (bicyclic) bond motifs is 3. The molecule has 0 atom stereocenters. The second-order valence-corrected chi connectivity index (χ2v) is 7.95. The first-order valence-corrected chi connectivity index (χ1v) is 8.72. The Morgan fingerprint density at radius 3 is 2.68 bits per heavy atom. The molecular weight excluding hydrogens is 332 g/mol. The molecule has 3 nitrogen and oxygen atoms in total. The third-order valence-electron chi connectivity index (χ3n) is 4.16. The van der Waals surface area contributed by atoms with E-state index in [1.165, 1.54) is 5.56 Å². The summed E-state index contributed by atoms with van der Waals surface area (Å²) in [5.74, 6) is 0. The van der Waals surface area contributed by atoms with Crippen LogP contribution in [-0.2, 0) is 6.42 Å². The van der Waals surface area contributed by atoms with E-state index in [9.17, 15) is 0 Å². The standard InChI is InChI=1S/C21H19ClN2O/c1-21(2,3)12-13-9-10-23-17(11-13)16-6-4-5-14-15-7-8-18(22)24-20(15)25-19(14)16/h4-11H,12H2,1-3H3. The zero-order valence-electron chi connectivity index (χ0n) is 14.5. The highest BCUT2D eigenvalue weighted by atomic mass is 35.5. The summed E-state index contributed by atoms with van der Waals surface area (Å²) >= 11 is 6.00. The van der Waals surface area contributed by atoms with E-state index in [4.69, 9.17) is 16.0 Å². The van der Waals surface area contributed by atoms with E-state index in [1.54, 1.807) is 6.07 Å². The summed E-state index contributed by atoms with van der Waals surface area (Å²) in [5.41, 5.74) is 4.74. The maximum absolute atomic E-state index is 6.02. The number of benzene rings is 1. The fourth-order valence-electron chi connectivity index (χ4n) is 3.20. The van der Waals surface area contributed by atoms with E-state index < -0.39 is 0 Å². The van der Waals surface area contributed by atoms with Gasteiger partial charge in [-0.2, -0.15) is 0 Å². The van der Waals surface area contributed by atoms with Gasteiger partial charge in [-0.05, 0) is 47.7 Å². The molecule has 3 heterocycles. The lowest BCUT2D eigenvalue weighted by molar-refractivity contribution is 0.411. The van der Waals surface area contributed by atoms with Gasteiger partial charge in [-0.25, -0.2) is 4.98 Å². The van der Waals surface area contributed by atoms with Crippen molar-refractivity contribution in [1.82, 2.24) is 9.97 Å². The minimum atomic E-state index is 0.227. The van der Waals surface area contributed by atoms with E-state index >= 15 is 0 Å². The lowest BCUT2D eigenvalue weighted by Crippen LogP contribution is -2.09. The molecule has 0 aliphatic heterocycles. The number of pyridine rings is 2. The maximum Gasteiger partial charge on any atom is 0.228 e. The quantitative estimate of drug-likeness (QED) is 0.399. The highest BCUT2D eigenvalue weighted by Crippen LogP contribution is 2.35. The predicted molar refractivity (Wildman–Crippen MR) is 103 cm³/mol. The minimum Gasteiger partial charge on any atom is -0.437 e. The SMILES string of the molecule is CC(C)(C)Cc1ccnc(-c2cccc3c2oc2nc(Cl)ccc23)c1. The fraction of sp³-hybridized carbons (Fsp3) is 0.238. The van der Waals surface area contributed by atoms with Crippen molar-refractivity contribution >= 4 is 33.7 Å². The van der Waals surface area contributed by atoms with Gasteiger partial charge in [0.15, 0.2) is 0 Å². The van der Waals surface area contributed by atoms with E-state index in [-0.39, 0.29) is 5.41 Å². The van der Waals surface area contributed by atoms with E-state index in [2.05, 4.69) is 42.9 Å². The van der Waals surface area contributed by atoms with Crippen LogP contribution in [-0.4, -0.2) is 9.97 Å². The number of para-hydroxylation sites is 1. The largest absolute Gasteiger partial charge is 0.437 e. The first-order chi connectivity index (χ1) is 11.9. The molecule has 4 rings (SSSR count). The molecule has 4 aromatic rings. The highest BCUT2D eigenvalue weighted by Gasteiger charge is 2.16. The van der Waals surface area contributed by atoms with Crippen LogP contribution in [0, 0.1) is 5.41 Å². The topological polar surface area (TPSA) is 38.9 Å². The van der Waals surface area contributed by atoms with E-state index in [0.29, 0.717) is 10.9 Å². The number of nitrogens with zero attached hydrogens (tertiary/aromatic N) is 2. The van der Waals surface area contributed by atoms with Crippen molar-refractivity contribution in [1.29, 1.82) is 0 Å². The smallest absolute Gasteiger partial charge is 0.228 e. The Bertz CT molecular complexity index is 1080. The molecule has 25 heavy (non-hydrogen) atoms. The summed E-state index contributed by atoms with van der Waals surface area (Å²) < 4.78 is 6.02. The Kier molecular flexibility index (Phi) is 3.77. The normalized spacial score (nSPS) is 12.2. The lowest BCUT2D eigenvalue weighted by Gasteiger charge is -2.18. The molecule has 0 N–H and O–H groups in total. The Morgan fingerprint density at radius 1 is 1.04 bits per heavy atom. The van der Waals surface area contributed by atoms with Crippen LogP contribution in [0.2, 0.25) is 5.15 Å². The van der Waals surface area contributed by atoms with Gasteiger partial charge < -0.3 is 4.42 Å². The molecule has 0 amide bonds. The van der Waals surface area contributed by atoms with Gasteiger partial charge in [-0.1, -0.05) is 44.5 Å². The number of hydrogen-bond acceptors (Lipinski definition) is 3. The second kappa shape index (κ2) is 5.85. The minimum absolute atomic E-state index is 0.227. The van der Waals surface area contributed by atoms with Gasteiger partial charge in [0.2, 0.25) is 5.71 Å². The van der Waals surface area contributed by atoms with Crippen LogP contribution in [0.15, 0.2) is 53.1 Å². The summed E-state index contributed by atoms with van der Waals surface area (Å²) in [7, 11) is 0. The molecule has 0 bridgehead atoms. The average Bonchev–Trinajstić information content (AvgIpc) is 2.90. The van der Waals surface area contributed by atoms with Crippen LogP contribution < -0.4 is 0 Å². The Hall–Kier alpha value is -2.39. The van der Waals surface area contributed by atoms with Gasteiger partial charge in [-0.3, -0.25) is 4.98 Å².